The number of anilines is 1. The van der Waals surface area contributed by atoms with Gasteiger partial charge in [-0.3, -0.25) is 9.52 Å². The summed E-state index contributed by atoms with van der Waals surface area (Å²) in [7, 11) is -4.54. The second-order valence-corrected chi connectivity index (χ2v) is 7.77. The van der Waals surface area contributed by atoms with Crippen molar-refractivity contribution in [2.45, 2.75) is 24.7 Å². The van der Waals surface area contributed by atoms with E-state index in [4.69, 9.17) is 0 Å². The van der Waals surface area contributed by atoms with Gasteiger partial charge in [0.25, 0.3) is 15.9 Å². The third-order valence-electron chi connectivity index (χ3n) is 4.31. The molecule has 0 saturated carbocycles. The maximum Gasteiger partial charge on any atom is 0.267 e. The topological polar surface area (TPSA) is 66.5 Å². The predicted molar refractivity (Wildman–Crippen MR) is 93.5 cm³/mol. The first-order valence-corrected chi connectivity index (χ1v) is 9.65. The lowest BCUT2D eigenvalue weighted by Crippen LogP contribution is -2.29. The van der Waals surface area contributed by atoms with E-state index in [2.05, 4.69) is 4.72 Å². The summed E-state index contributed by atoms with van der Waals surface area (Å²) in [4.78, 5) is 13.4. The number of hydrogen-bond donors (Lipinski definition) is 1. The Bertz CT molecular complexity index is 935. The summed E-state index contributed by atoms with van der Waals surface area (Å²) in [5.41, 5.74) is 0.774. The molecular formula is C18H18F2N2O3S. The molecular weight excluding hydrogens is 362 g/mol. The van der Waals surface area contributed by atoms with Gasteiger partial charge in [-0.2, -0.15) is 0 Å². The Morgan fingerprint density at radius 2 is 1.62 bits per heavy atom. The third-order valence-corrected chi connectivity index (χ3v) is 5.73. The largest absolute Gasteiger partial charge is 0.339 e. The molecule has 2 aromatic rings. The Labute approximate surface area is 150 Å². The first kappa shape index (κ1) is 18.3. The van der Waals surface area contributed by atoms with Gasteiger partial charge in [0.05, 0.1) is 11.3 Å². The van der Waals surface area contributed by atoms with Gasteiger partial charge in [0.15, 0.2) is 4.90 Å². The number of nitrogens with one attached hydrogen (secondary N) is 1. The second kappa shape index (κ2) is 7.03. The SMILES string of the molecule is Cc1cccc(NS(=O)(=O)c2c(F)cccc2F)c1C(=O)N1CCCC1. The number of nitrogens with zero attached hydrogens (tertiary/aromatic N) is 1. The number of amides is 1. The molecule has 5 nitrogen and oxygen atoms in total. The minimum absolute atomic E-state index is 0.00422. The van der Waals surface area contributed by atoms with E-state index in [9.17, 15) is 22.0 Å². The van der Waals surface area contributed by atoms with Crippen LogP contribution in [0.5, 0.6) is 0 Å². The third kappa shape index (κ3) is 3.41. The first-order valence-electron chi connectivity index (χ1n) is 8.17. The monoisotopic (exact) mass is 380 g/mol. The van der Waals surface area contributed by atoms with Crippen LogP contribution in [0.25, 0.3) is 0 Å². The fourth-order valence-electron chi connectivity index (χ4n) is 3.05. The standard InChI is InChI=1S/C18H18F2N2O3S/c1-12-6-4-9-15(16(12)18(23)22-10-2-3-11-22)21-26(24,25)17-13(19)7-5-8-14(17)20/h4-9,21H,2-3,10-11H2,1H3. The van der Waals surface area contributed by atoms with Crippen molar-refractivity contribution in [2.75, 3.05) is 17.8 Å². The summed E-state index contributed by atoms with van der Waals surface area (Å²) in [6.45, 7) is 2.88. The number of carbonyl (C=O) groups excluding carboxylic acids is 1. The van der Waals surface area contributed by atoms with Crippen molar-refractivity contribution < 1.29 is 22.0 Å². The fourth-order valence-corrected chi connectivity index (χ4v) is 4.26. The molecule has 3 rings (SSSR count). The molecule has 8 heteroatoms. The van der Waals surface area contributed by atoms with E-state index >= 15 is 0 Å². The minimum atomic E-state index is -4.54. The summed E-state index contributed by atoms with van der Waals surface area (Å²) in [6.07, 6.45) is 1.78. The van der Waals surface area contributed by atoms with E-state index in [-0.39, 0.29) is 17.2 Å². The Balaban J connectivity index is 2.03. The zero-order valence-corrected chi connectivity index (χ0v) is 14.9. The smallest absolute Gasteiger partial charge is 0.267 e. The molecule has 1 heterocycles. The number of benzene rings is 2. The van der Waals surface area contributed by atoms with Crippen molar-refractivity contribution in [1.29, 1.82) is 0 Å². The number of rotatable bonds is 4. The Morgan fingerprint density at radius 3 is 2.23 bits per heavy atom. The average Bonchev–Trinajstić information content (AvgIpc) is 3.08. The lowest BCUT2D eigenvalue weighted by Gasteiger charge is -2.20. The molecule has 138 valence electrons. The molecule has 1 aliphatic rings. The van der Waals surface area contributed by atoms with Crippen molar-refractivity contribution in [1.82, 2.24) is 4.90 Å². The number of halogens is 2. The molecule has 0 unspecified atom stereocenters. The van der Waals surface area contributed by atoms with E-state index in [0.717, 1.165) is 31.0 Å². The molecule has 0 aromatic heterocycles. The van der Waals surface area contributed by atoms with Crippen LogP contribution in [0.1, 0.15) is 28.8 Å². The number of carbonyl (C=O) groups is 1. The summed E-state index contributed by atoms with van der Waals surface area (Å²) >= 11 is 0. The molecule has 0 radical (unpaired) electrons. The van der Waals surface area contributed by atoms with Gasteiger partial charge in [0.1, 0.15) is 11.6 Å². The van der Waals surface area contributed by atoms with E-state index in [1.165, 1.54) is 6.07 Å². The second-order valence-electron chi connectivity index (χ2n) is 6.15. The zero-order valence-electron chi connectivity index (χ0n) is 14.1. The molecule has 1 N–H and O–H groups in total. The Morgan fingerprint density at radius 1 is 1.04 bits per heavy atom. The van der Waals surface area contributed by atoms with E-state index in [0.29, 0.717) is 18.7 Å². The van der Waals surface area contributed by atoms with Gasteiger partial charge in [-0.05, 0) is 43.5 Å². The van der Waals surface area contributed by atoms with Crippen LogP contribution in [0.15, 0.2) is 41.3 Å². The molecule has 0 spiro atoms. The first-order chi connectivity index (χ1) is 12.3. The minimum Gasteiger partial charge on any atom is -0.339 e. The highest BCUT2D eigenvalue weighted by Crippen LogP contribution is 2.27. The van der Waals surface area contributed by atoms with Crippen molar-refractivity contribution in [3.8, 4) is 0 Å². The number of aryl methyl sites for hydroxylation is 1. The van der Waals surface area contributed by atoms with Gasteiger partial charge < -0.3 is 4.90 Å². The molecule has 0 atom stereocenters. The Hall–Kier alpha value is -2.48. The van der Waals surface area contributed by atoms with Crippen LogP contribution < -0.4 is 4.72 Å². The summed E-state index contributed by atoms with van der Waals surface area (Å²) < 4.78 is 55.0. The van der Waals surface area contributed by atoms with Gasteiger partial charge in [-0.15, -0.1) is 0 Å². The molecule has 0 aliphatic carbocycles. The van der Waals surface area contributed by atoms with Crippen LogP contribution in [0.4, 0.5) is 14.5 Å². The highest BCUT2D eigenvalue weighted by molar-refractivity contribution is 7.92. The van der Waals surface area contributed by atoms with Gasteiger partial charge in [0.2, 0.25) is 0 Å². The van der Waals surface area contributed by atoms with Gasteiger partial charge in [-0.1, -0.05) is 18.2 Å². The molecule has 0 bridgehead atoms. The fraction of sp³-hybridized carbons (Fsp3) is 0.278. The Kier molecular flexibility index (Phi) is 4.95. The van der Waals surface area contributed by atoms with E-state index < -0.39 is 26.6 Å². The van der Waals surface area contributed by atoms with Gasteiger partial charge in [0, 0.05) is 13.1 Å². The van der Waals surface area contributed by atoms with Gasteiger partial charge in [-0.25, -0.2) is 17.2 Å². The van der Waals surface area contributed by atoms with Crippen LogP contribution in [-0.2, 0) is 10.0 Å². The summed E-state index contributed by atoms with van der Waals surface area (Å²) in [5, 5.41) is 0. The van der Waals surface area contributed by atoms with Crippen molar-refractivity contribution in [2.24, 2.45) is 0 Å². The number of hydrogen-bond acceptors (Lipinski definition) is 3. The highest BCUT2D eigenvalue weighted by atomic mass is 32.2. The molecule has 1 fully saturated rings. The van der Waals surface area contributed by atoms with Crippen molar-refractivity contribution in [3.63, 3.8) is 0 Å². The zero-order chi connectivity index (χ0) is 18.9. The maximum atomic E-state index is 13.9. The maximum absolute atomic E-state index is 13.9. The van der Waals surface area contributed by atoms with Crippen LogP contribution in [-0.4, -0.2) is 32.3 Å². The quantitative estimate of drug-likeness (QED) is 0.885. The normalized spacial score (nSPS) is 14.5. The number of sulfonamides is 1. The van der Waals surface area contributed by atoms with Crippen LogP contribution >= 0.6 is 0 Å². The van der Waals surface area contributed by atoms with E-state index in [1.807, 2.05) is 0 Å². The predicted octanol–water partition coefficient (Wildman–Crippen LogP) is 3.31. The summed E-state index contributed by atoms with van der Waals surface area (Å²) in [5.74, 6) is -2.69. The molecule has 1 saturated heterocycles. The van der Waals surface area contributed by atoms with Gasteiger partial charge >= 0.3 is 0 Å². The molecule has 26 heavy (non-hydrogen) atoms. The average molecular weight is 380 g/mol. The molecule has 1 amide bonds. The van der Waals surface area contributed by atoms with Crippen LogP contribution in [0.2, 0.25) is 0 Å². The van der Waals surface area contributed by atoms with Crippen molar-refractivity contribution in [3.05, 3.63) is 59.2 Å². The lowest BCUT2D eigenvalue weighted by molar-refractivity contribution is 0.0793. The van der Waals surface area contributed by atoms with Crippen LogP contribution in [0, 0.1) is 18.6 Å². The highest BCUT2D eigenvalue weighted by Gasteiger charge is 2.28. The van der Waals surface area contributed by atoms with E-state index in [1.54, 1.807) is 24.0 Å². The molecule has 1 aliphatic heterocycles. The summed E-state index contributed by atoms with van der Waals surface area (Å²) in [6, 6.07) is 7.48. The van der Waals surface area contributed by atoms with Crippen molar-refractivity contribution >= 4 is 21.6 Å². The van der Waals surface area contributed by atoms with Crippen LogP contribution in [0.3, 0.4) is 0 Å². The number of likely N-dealkylation sites (tertiary alicyclic amines) is 1. The lowest BCUT2D eigenvalue weighted by atomic mass is 10.1. The molecule has 2 aromatic carbocycles.